The van der Waals surface area contributed by atoms with E-state index in [1.54, 1.807) is 23.5 Å². The van der Waals surface area contributed by atoms with Crippen LogP contribution in [0.2, 0.25) is 0 Å². The van der Waals surface area contributed by atoms with Crippen LogP contribution in [0.5, 0.6) is 5.75 Å². The van der Waals surface area contributed by atoms with E-state index in [1.165, 1.54) is 0 Å². The van der Waals surface area contributed by atoms with Crippen molar-refractivity contribution in [3.8, 4) is 5.75 Å². The molecule has 1 aromatic heterocycles. The van der Waals surface area contributed by atoms with Gasteiger partial charge in [-0.1, -0.05) is 28.1 Å². The highest BCUT2D eigenvalue weighted by atomic mass is 79.9. The number of halogens is 1. The predicted octanol–water partition coefficient (Wildman–Crippen LogP) is 4.48. The summed E-state index contributed by atoms with van der Waals surface area (Å²) < 4.78 is 8.58. The average Bonchev–Trinajstić information content (AvgIpc) is 3.53. The molecule has 8 heteroatoms. The number of likely N-dealkylation sites (tertiary alicyclic amines) is 1. The van der Waals surface area contributed by atoms with Crippen LogP contribution >= 0.6 is 15.9 Å². The first-order valence-corrected chi connectivity index (χ1v) is 12.0. The van der Waals surface area contributed by atoms with Crippen LogP contribution in [-0.4, -0.2) is 43.9 Å². The Labute approximate surface area is 205 Å². The van der Waals surface area contributed by atoms with Gasteiger partial charge in [-0.3, -0.25) is 9.59 Å². The van der Waals surface area contributed by atoms with Crippen molar-refractivity contribution in [2.75, 3.05) is 6.54 Å². The summed E-state index contributed by atoms with van der Waals surface area (Å²) in [6, 6.07) is 12.2. The first kappa shape index (κ1) is 22.4. The van der Waals surface area contributed by atoms with E-state index < -0.39 is 17.7 Å². The minimum absolute atomic E-state index is 0.0660. The number of hydrogen-bond acceptors (Lipinski definition) is 5. The smallest absolute Gasteiger partial charge is 0.295 e. The Bertz CT molecular complexity index is 1270. The molecule has 0 aliphatic carbocycles. The van der Waals surface area contributed by atoms with E-state index in [2.05, 4.69) is 20.9 Å². The maximum atomic E-state index is 13.2. The summed E-state index contributed by atoms with van der Waals surface area (Å²) in [6.07, 6.45) is 6.73. The normalized spacial score (nSPS) is 21.1. The number of ketones is 1. The molecule has 0 radical (unpaired) electrons. The number of aromatic nitrogens is 2. The number of Topliss-reactive ketones (excluding diaryl/α,β-unsaturated/α-hetero) is 1. The van der Waals surface area contributed by atoms with Crippen molar-refractivity contribution in [2.45, 2.75) is 38.5 Å². The lowest BCUT2D eigenvalue weighted by Gasteiger charge is -2.25. The largest absolute Gasteiger partial charge is 0.507 e. The van der Waals surface area contributed by atoms with Crippen molar-refractivity contribution in [2.24, 2.45) is 0 Å². The number of imidazole rings is 1. The molecule has 0 bridgehead atoms. The first-order chi connectivity index (χ1) is 16.4. The highest BCUT2D eigenvalue weighted by Gasteiger charge is 2.45. The number of aliphatic hydroxyl groups excluding tert-OH is 1. The molecule has 1 N–H and O–H groups in total. The molecule has 2 aromatic carbocycles. The number of nitrogens with zero attached hydrogens (tertiary/aromatic N) is 3. The fraction of sp³-hybridized carbons (Fsp3) is 0.269. The number of aryl methyl sites for hydroxylation is 1. The molecular weight excluding hydrogens is 498 g/mol. The number of fused-ring (bicyclic) bond motifs is 1. The van der Waals surface area contributed by atoms with Gasteiger partial charge in [0.05, 0.1) is 17.9 Å². The number of amides is 1. The van der Waals surface area contributed by atoms with Crippen LogP contribution in [0, 0.1) is 0 Å². The third-order valence-electron chi connectivity index (χ3n) is 6.27. The molecule has 2 atom stereocenters. The van der Waals surface area contributed by atoms with Gasteiger partial charge in [-0.05, 0) is 54.8 Å². The minimum atomic E-state index is -0.668. The molecule has 1 amide bonds. The molecule has 1 saturated heterocycles. The van der Waals surface area contributed by atoms with Gasteiger partial charge in [0.1, 0.15) is 17.6 Å². The van der Waals surface area contributed by atoms with Crippen molar-refractivity contribution < 1.29 is 19.4 Å². The second-order valence-electron chi connectivity index (χ2n) is 8.65. The summed E-state index contributed by atoms with van der Waals surface area (Å²) in [5.41, 5.74) is 2.37. The van der Waals surface area contributed by atoms with E-state index in [0.717, 1.165) is 27.8 Å². The standard InChI is InChI=1S/C26H24BrN3O4/c1-16-13-19-14-18(5-8-21(19)34-16)24(31)22-23(17-3-6-20(27)7-4-17)30(26(33)25(22)32)11-2-10-29-12-9-28-15-29/h3-9,12,14-16,23,31H,2,10-11,13H2,1H3/b24-22+/t16-,23+/m1/s1. The lowest BCUT2D eigenvalue weighted by atomic mass is 9.94. The molecule has 1 fully saturated rings. The van der Waals surface area contributed by atoms with Gasteiger partial charge in [0.2, 0.25) is 0 Å². The highest BCUT2D eigenvalue weighted by molar-refractivity contribution is 9.10. The van der Waals surface area contributed by atoms with Crippen LogP contribution in [0.4, 0.5) is 0 Å². The number of hydrogen-bond donors (Lipinski definition) is 1. The number of carbonyl (C=O) groups is 2. The van der Waals surface area contributed by atoms with Crippen LogP contribution in [-0.2, 0) is 22.6 Å². The van der Waals surface area contributed by atoms with Gasteiger partial charge in [-0.15, -0.1) is 0 Å². The molecular formula is C26H24BrN3O4. The molecule has 0 saturated carbocycles. The number of benzene rings is 2. The third-order valence-corrected chi connectivity index (χ3v) is 6.80. The van der Waals surface area contributed by atoms with E-state index >= 15 is 0 Å². The third kappa shape index (κ3) is 4.14. The molecule has 7 nitrogen and oxygen atoms in total. The molecule has 174 valence electrons. The van der Waals surface area contributed by atoms with Crippen molar-refractivity contribution in [3.63, 3.8) is 0 Å². The van der Waals surface area contributed by atoms with Gasteiger partial charge in [-0.2, -0.15) is 0 Å². The van der Waals surface area contributed by atoms with Gasteiger partial charge < -0.3 is 19.3 Å². The summed E-state index contributed by atoms with van der Waals surface area (Å²) in [4.78, 5) is 31.9. The summed E-state index contributed by atoms with van der Waals surface area (Å²) in [5.74, 6) is -0.643. The van der Waals surface area contributed by atoms with E-state index in [9.17, 15) is 14.7 Å². The Morgan fingerprint density at radius 1 is 1.18 bits per heavy atom. The summed E-state index contributed by atoms with van der Waals surface area (Å²) in [6.45, 7) is 3.03. The fourth-order valence-corrected chi connectivity index (χ4v) is 4.93. The maximum Gasteiger partial charge on any atom is 0.295 e. The van der Waals surface area contributed by atoms with E-state index in [-0.39, 0.29) is 17.4 Å². The second kappa shape index (κ2) is 9.10. The Kier molecular flexibility index (Phi) is 6.00. The van der Waals surface area contributed by atoms with Gasteiger partial charge >= 0.3 is 0 Å². The zero-order valence-electron chi connectivity index (χ0n) is 18.6. The Balaban J connectivity index is 1.52. The molecule has 0 spiro atoms. The van der Waals surface area contributed by atoms with E-state index in [4.69, 9.17) is 4.74 Å². The quantitative estimate of drug-likeness (QED) is 0.293. The number of rotatable bonds is 6. The molecule has 3 aromatic rings. The van der Waals surface area contributed by atoms with Crippen molar-refractivity contribution >= 4 is 33.4 Å². The number of ether oxygens (including phenoxy) is 1. The lowest BCUT2D eigenvalue weighted by molar-refractivity contribution is -0.139. The Morgan fingerprint density at radius 3 is 2.71 bits per heavy atom. The van der Waals surface area contributed by atoms with Crippen LogP contribution in [0.1, 0.15) is 36.1 Å². The number of carbonyl (C=O) groups excluding carboxylic acids is 2. The lowest BCUT2D eigenvalue weighted by Crippen LogP contribution is -2.31. The maximum absolute atomic E-state index is 13.2. The summed E-state index contributed by atoms with van der Waals surface area (Å²) >= 11 is 3.44. The average molecular weight is 522 g/mol. The second-order valence-corrected chi connectivity index (χ2v) is 9.57. The SMILES string of the molecule is C[C@@H]1Cc2cc(/C(O)=C3\C(=O)C(=O)N(CCCn4ccnc4)[C@H]3c3ccc(Br)cc3)ccc2O1. The predicted molar refractivity (Wildman–Crippen MR) is 130 cm³/mol. The fourth-order valence-electron chi connectivity index (χ4n) is 4.67. The Hall–Kier alpha value is -3.39. The van der Waals surface area contributed by atoms with Gasteiger partial charge in [-0.25, -0.2) is 4.98 Å². The topological polar surface area (TPSA) is 84.7 Å². The molecule has 2 aliphatic heterocycles. The summed E-state index contributed by atoms with van der Waals surface area (Å²) in [7, 11) is 0. The number of aliphatic hydroxyl groups is 1. The van der Waals surface area contributed by atoms with E-state index in [1.807, 2.05) is 54.1 Å². The van der Waals surface area contributed by atoms with Gasteiger partial charge in [0.25, 0.3) is 11.7 Å². The minimum Gasteiger partial charge on any atom is -0.507 e. The van der Waals surface area contributed by atoms with Gasteiger partial charge in [0.15, 0.2) is 0 Å². The van der Waals surface area contributed by atoms with Crippen LogP contribution in [0.15, 0.2) is 71.2 Å². The molecule has 0 unspecified atom stereocenters. The monoisotopic (exact) mass is 521 g/mol. The zero-order valence-corrected chi connectivity index (χ0v) is 20.2. The zero-order chi connectivity index (χ0) is 23.8. The Morgan fingerprint density at radius 2 is 1.97 bits per heavy atom. The first-order valence-electron chi connectivity index (χ1n) is 11.2. The highest BCUT2D eigenvalue weighted by Crippen LogP contribution is 2.41. The van der Waals surface area contributed by atoms with E-state index in [0.29, 0.717) is 25.1 Å². The van der Waals surface area contributed by atoms with Crippen LogP contribution in [0.3, 0.4) is 0 Å². The molecule has 34 heavy (non-hydrogen) atoms. The van der Waals surface area contributed by atoms with Crippen molar-refractivity contribution in [1.29, 1.82) is 0 Å². The molecule has 5 rings (SSSR count). The van der Waals surface area contributed by atoms with Crippen LogP contribution in [0.25, 0.3) is 5.76 Å². The molecule has 2 aliphatic rings. The van der Waals surface area contributed by atoms with Crippen LogP contribution < -0.4 is 4.74 Å². The van der Waals surface area contributed by atoms with Crippen molar-refractivity contribution in [3.05, 3.63) is 87.9 Å². The molecule has 3 heterocycles. The van der Waals surface area contributed by atoms with Crippen molar-refractivity contribution in [1.82, 2.24) is 14.5 Å². The van der Waals surface area contributed by atoms with Gasteiger partial charge in [0, 0.05) is 41.9 Å². The summed E-state index contributed by atoms with van der Waals surface area (Å²) in [5, 5.41) is 11.3.